The van der Waals surface area contributed by atoms with Crippen LogP contribution in [0.2, 0.25) is 0 Å². The van der Waals surface area contributed by atoms with Crippen LogP contribution in [-0.2, 0) is 17.1 Å². The smallest absolute Gasteiger partial charge is 1.00 e. The zero-order chi connectivity index (χ0) is 0. The van der Waals surface area contributed by atoms with Crippen LogP contribution in [0.15, 0.2) is 0 Å². The van der Waals surface area contributed by atoms with E-state index >= 15 is 0 Å². The average molecular weight is 288 g/mol. The van der Waals surface area contributed by atoms with Gasteiger partial charge in [-0.1, -0.05) is 0 Å². The van der Waals surface area contributed by atoms with E-state index in [1.165, 1.54) is 0 Å². The summed E-state index contributed by atoms with van der Waals surface area (Å²) in [6.45, 7) is 0. The first-order chi connectivity index (χ1) is 0. The van der Waals surface area contributed by atoms with Crippen LogP contribution in [0, 0.1) is 37.7 Å². The van der Waals surface area contributed by atoms with E-state index in [2.05, 4.69) is 0 Å². The van der Waals surface area contributed by atoms with Gasteiger partial charge in [-0.2, -0.15) is 0 Å². The number of rotatable bonds is 0. The van der Waals surface area contributed by atoms with Crippen LogP contribution >= 0.6 is 0 Å². The predicted molar refractivity (Wildman–Crippen MR) is 16.0 cm³/mol. The van der Waals surface area contributed by atoms with Crippen LogP contribution in [0.5, 0.6) is 0 Å². The van der Waals surface area contributed by atoms with Crippen LogP contribution in [0.3, 0.4) is 0 Å². The molecule has 26 valence electrons. The third-order valence-corrected chi connectivity index (χ3v) is 0. The molecule has 4 heavy (non-hydrogen) atoms. The van der Waals surface area contributed by atoms with Crippen molar-refractivity contribution in [1.82, 2.24) is 0 Å². The fraction of sp³-hybridized carbons (Fsp3) is 0. The molecule has 0 aromatic heterocycles. The molecule has 0 amide bonds. The fourth-order valence-electron chi connectivity index (χ4n) is 0. The monoisotopic (exact) mass is 288 g/mol. The Morgan fingerprint density at radius 2 is 1.25 bits per heavy atom. The van der Waals surface area contributed by atoms with E-state index in [9.17, 15) is 0 Å². The van der Waals surface area contributed by atoms with E-state index in [-0.39, 0.29) is 121 Å². The maximum atomic E-state index is 0. The van der Waals surface area contributed by atoms with Gasteiger partial charge in [0.05, 0.1) is 0 Å². The second kappa shape index (κ2) is 15.8. The molecular formula is H4CaHoMgMn. The van der Waals surface area contributed by atoms with Crippen LogP contribution in [0.25, 0.3) is 0 Å². The van der Waals surface area contributed by atoms with Gasteiger partial charge in [0.15, 0.2) is 0 Å². The molecule has 0 saturated heterocycles. The first-order valence-electron chi connectivity index (χ1n) is 0. The van der Waals surface area contributed by atoms with Crippen molar-refractivity contribution in [3.05, 3.63) is 0 Å². The van der Waals surface area contributed by atoms with Gasteiger partial charge in [0.2, 0.25) is 0 Å². The largest absolute Gasteiger partial charge is 2.00 e. The molecule has 0 aliphatic heterocycles. The van der Waals surface area contributed by atoms with Crippen LogP contribution in [0.1, 0.15) is 5.71 Å². The van der Waals surface area contributed by atoms with Gasteiger partial charge >= 0.3 is 60.8 Å². The minimum Gasteiger partial charge on any atom is -1.00 e. The van der Waals surface area contributed by atoms with E-state index in [1.807, 2.05) is 0 Å². The topological polar surface area (TPSA) is 0 Å². The third-order valence-electron chi connectivity index (χ3n) is 0. The fourth-order valence-corrected chi connectivity index (χ4v) is 0. The standard InChI is InChI=1S/Ca.Ho.Mg.Mn.4H/q+2;;+2;;4*-1. The van der Waals surface area contributed by atoms with Gasteiger partial charge in [-0.25, -0.2) is 0 Å². The van der Waals surface area contributed by atoms with Gasteiger partial charge in [0, 0.05) is 54.8 Å². The maximum Gasteiger partial charge on any atom is 2.00 e. The number of hydrogen-bond acceptors (Lipinski definition) is 0. The first-order valence-corrected chi connectivity index (χ1v) is 0. The summed E-state index contributed by atoms with van der Waals surface area (Å²) in [7, 11) is 0. The Labute approximate surface area is 118 Å². The normalized spacial score (nSPS) is 0. The molecule has 4 heteroatoms. The molecule has 0 rings (SSSR count). The summed E-state index contributed by atoms with van der Waals surface area (Å²) < 4.78 is 0. The van der Waals surface area contributed by atoms with Crippen molar-refractivity contribution in [2.24, 2.45) is 0 Å². The summed E-state index contributed by atoms with van der Waals surface area (Å²) in [6.07, 6.45) is 0. The summed E-state index contributed by atoms with van der Waals surface area (Å²) in [4.78, 5) is 0. The van der Waals surface area contributed by atoms with E-state index in [1.54, 1.807) is 0 Å². The van der Waals surface area contributed by atoms with Crippen molar-refractivity contribution in [3.8, 4) is 0 Å². The average Bonchev–Trinajstić information content (AvgIpc) is 0. The first kappa shape index (κ1) is 25.0. The SMILES string of the molecule is [Ca+2].[H-].[H-].[H-].[H-].[Ho].[Mg+2].[Mn]. The van der Waals surface area contributed by atoms with Crippen molar-refractivity contribution in [2.75, 3.05) is 0 Å². The quantitative estimate of drug-likeness (QED) is 0.536. The summed E-state index contributed by atoms with van der Waals surface area (Å²) in [5.74, 6) is 0. The molecular weight excluding hydrogens is 284 g/mol. The second-order valence-electron chi connectivity index (χ2n) is 0. The van der Waals surface area contributed by atoms with E-state index in [0.717, 1.165) is 0 Å². The molecule has 0 unspecified atom stereocenters. The van der Waals surface area contributed by atoms with Crippen LogP contribution in [-0.4, -0.2) is 60.8 Å². The molecule has 0 spiro atoms. The molecule has 0 bridgehead atoms. The maximum absolute atomic E-state index is 0. The van der Waals surface area contributed by atoms with Crippen molar-refractivity contribution >= 4 is 60.8 Å². The van der Waals surface area contributed by atoms with Crippen molar-refractivity contribution in [2.45, 2.75) is 0 Å². The molecule has 2 radical (unpaired) electrons. The van der Waals surface area contributed by atoms with Crippen LogP contribution < -0.4 is 0 Å². The molecule has 0 saturated carbocycles. The molecule has 0 fully saturated rings. The van der Waals surface area contributed by atoms with Gasteiger partial charge in [0.1, 0.15) is 0 Å². The van der Waals surface area contributed by atoms with E-state index in [0.29, 0.717) is 0 Å². The Kier molecular flexibility index (Phi) is 98.8. The Balaban J connectivity index is 0. The minimum absolute atomic E-state index is 0. The van der Waals surface area contributed by atoms with Crippen molar-refractivity contribution < 1.29 is 60.5 Å². The number of hydrogen-bond donors (Lipinski definition) is 0. The Morgan fingerprint density at radius 1 is 1.25 bits per heavy atom. The summed E-state index contributed by atoms with van der Waals surface area (Å²) in [5, 5.41) is 0. The Bertz CT molecular complexity index is 16.0. The summed E-state index contributed by atoms with van der Waals surface area (Å²) >= 11 is 0. The molecule has 0 aliphatic carbocycles. The van der Waals surface area contributed by atoms with Crippen LogP contribution in [0.4, 0.5) is 0 Å². The second-order valence-corrected chi connectivity index (χ2v) is 0. The van der Waals surface area contributed by atoms with Crippen molar-refractivity contribution in [3.63, 3.8) is 0 Å². The Morgan fingerprint density at radius 3 is 1.25 bits per heavy atom. The van der Waals surface area contributed by atoms with E-state index in [4.69, 9.17) is 0 Å². The molecule has 0 atom stereocenters. The molecule has 0 nitrogen and oxygen atoms in total. The van der Waals surface area contributed by atoms with Gasteiger partial charge < -0.3 is 5.71 Å². The van der Waals surface area contributed by atoms with Gasteiger partial charge in [-0.05, 0) is 0 Å². The minimum atomic E-state index is 0. The summed E-state index contributed by atoms with van der Waals surface area (Å²) in [5.41, 5.74) is 0. The molecule has 0 aromatic carbocycles. The van der Waals surface area contributed by atoms with E-state index < -0.39 is 0 Å². The van der Waals surface area contributed by atoms with Gasteiger partial charge in [0.25, 0.3) is 0 Å². The zero-order valence-corrected chi connectivity index (χ0v) is 8.83. The van der Waals surface area contributed by atoms with Gasteiger partial charge in [-0.3, -0.25) is 0 Å². The molecule has 0 heterocycles. The van der Waals surface area contributed by atoms with Gasteiger partial charge in [-0.15, -0.1) is 0 Å². The zero-order valence-electron chi connectivity index (χ0n) is 6.09. The molecule has 0 N–H and O–H groups in total. The molecule has 0 aromatic rings. The predicted octanol–water partition coefficient (Wildman–Crippen LogP) is -0.314. The summed E-state index contributed by atoms with van der Waals surface area (Å²) in [6, 6.07) is 0. The molecule has 0 aliphatic rings. The third kappa shape index (κ3) is 9.26. The Hall–Kier alpha value is 3.81. The van der Waals surface area contributed by atoms with Crippen molar-refractivity contribution in [1.29, 1.82) is 0 Å².